The zero-order chi connectivity index (χ0) is 17.4. The van der Waals surface area contributed by atoms with E-state index in [9.17, 15) is 4.79 Å². The molecule has 4 nitrogen and oxygen atoms in total. The van der Waals surface area contributed by atoms with Crippen LogP contribution in [0.2, 0.25) is 5.02 Å². The van der Waals surface area contributed by atoms with E-state index in [1.54, 1.807) is 24.1 Å². The van der Waals surface area contributed by atoms with Gasteiger partial charge in [0.05, 0.1) is 6.54 Å². The van der Waals surface area contributed by atoms with E-state index in [0.29, 0.717) is 30.5 Å². The Bertz CT molecular complexity index is 676. The summed E-state index contributed by atoms with van der Waals surface area (Å²) in [5.74, 6) is 0.704. The minimum atomic E-state index is -0.0997. The summed E-state index contributed by atoms with van der Waals surface area (Å²) >= 11 is 5.90. The van der Waals surface area contributed by atoms with Gasteiger partial charge in [-0.05, 0) is 37.1 Å². The second-order valence-electron chi connectivity index (χ2n) is 5.70. The number of carbonyl (C=O) groups is 1. The van der Waals surface area contributed by atoms with Gasteiger partial charge in [0.2, 0.25) is 0 Å². The number of hydrogen-bond donors (Lipinski definition) is 1. The van der Waals surface area contributed by atoms with Crippen molar-refractivity contribution in [2.24, 2.45) is 0 Å². The van der Waals surface area contributed by atoms with Crippen molar-refractivity contribution in [3.63, 3.8) is 0 Å². The summed E-state index contributed by atoms with van der Waals surface area (Å²) < 4.78 is 5.59. The maximum Gasteiger partial charge on any atom is 0.317 e. The highest BCUT2D eigenvalue weighted by molar-refractivity contribution is 6.30. The zero-order valence-corrected chi connectivity index (χ0v) is 14.8. The average molecular weight is 347 g/mol. The minimum absolute atomic E-state index is 0.0997. The molecule has 0 bridgehead atoms. The number of likely N-dealkylation sites (N-methyl/N-ethyl adjacent to an activating group) is 1. The van der Waals surface area contributed by atoms with Crippen LogP contribution in [0.3, 0.4) is 0 Å². The van der Waals surface area contributed by atoms with Gasteiger partial charge in [-0.1, -0.05) is 47.5 Å². The summed E-state index contributed by atoms with van der Waals surface area (Å²) in [5.41, 5.74) is 2.45. The van der Waals surface area contributed by atoms with Gasteiger partial charge in [0.15, 0.2) is 0 Å². The fraction of sp³-hybridized carbons (Fsp3) is 0.316. The summed E-state index contributed by atoms with van der Waals surface area (Å²) in [5, 5.41) is 3.55. The molecule has 0 aliphatic rings. The topological polar surface area (TPSA) is 41.6 Å². The number of nitrogens with zero attached hydrogens (tertiary/aromatic N) is 1. The summed E-state index contributed by atoms with van der Waals surface area (Å²) in [4.78, 5) is 13.6. The molecule has 0 aliphatic carbocycles. The van der Waals surface area contributed by atoms with Crippen molar-refractivity contribution in [2.75, 3.05) is 26.7 Å². The third kappa shape index (κ3) is 6.13. The maximum atomic E-state index is 12.0. The van der Waals surface area contributed by atoms with Gasteiger partial charge in [-0.15, -0.1) is 0 Å². The number of amides is 2. The molecular formula is C19H23ClN2O2. The number of aryl methyl sites for hydroxylation is 1. The summed E-state index contributed by atoms with van der Waals surface area (Å²) in [6.07, 6.45) is 0.820. The van der Waals surface area contributed by atoms with Crippen LogP contribution in [-0.4, -0.2) is 37.7 Å². The first-order valence-corrected chi connectivity index (χ1v) is 8.35. The molecule has 1 N–H and O–H groups in total. The molecule has 5 heteroatoms. The molecule has 0 saturated heterocycles. The Morgan fingerprint density at radius 1 is 1.21 bits per heavy atom. The van der Waals surface area contributed by atoms with Gasteiger partial charge in [-0.3, -0.25) is 0 Å². The Hall–Kier alpha value is -2.20. The van der Waals surface area contributed by atoms with Crippen molar-refractivity contribution in [1.82, 2.24) is 10.2 Å². The van der Waals surface area contributed by atoms with Gasteiger partial charge >= 0.3 is 6.03 Å². The molecule has 24 heavy (non-hydrogen) atoms. The van der Waals surface area contributed by atoms with E-state index in [4.69, 9.17) is 16.3 Å². The Labute approximate surface area is 148 Å². The van der Waals surface area contributed by atoms with Crippen molar-refractivity contribution < 1.29 is 9.53 Å². The number of carbonyl (C=O) groups excluding carboxylic acids is 1. The molecular weight excluding hydrogens is 324 g/mol. The van der Waals surface area contributed by atoms with Gasteiger partial charge in [-0.2, -0.15) is 0 Å². The SMILES string of the molecule is Cc1cccc(CCNC(=O)N(C)CCOc2cccc(Cl)c2)c1. The first kappa shape index (κ1) is 18.1. The number of halogens is 1. The summed E-state index contributed by atoms with van der Waals surface area (Å²) in [6, 6.07) is 15.4. The predicted molar refractivity (Wildman–Crippen MR) is 97.9 cm³/mol. The van der Waals surface area contributed by atoms with Crippen LogP contribution in [0.4, 0.5) is 4.79 Å². The minimum Gasteiger partial charge on any atom is -0.492 e. The van der Waals surface area contributed by atoms with E-state index in [1.807, 2.05) is 18.2 Å². The third-order valence-electron chi connectivity index (χ3n) is 3.61. The number of rotatable bonds is 7. The fourth-order valence-electron chi connectivity index (χ4n) is 2.28. The van der Waals surface area contributed by atoms with E-state index < -0.39 is 0 Å². The van der Waals surface area contributed by atoms with Crippen LogP contribution in [-0.2, 0) is 6.42 Å². The van der Waals surface area contributed by atoms with Crippen LogP contribution in [0.15, 0.2) is 48.5 Å². The van der Waals surface area contributed by atoms with Gasteiger partial charge < -0.3 is 15.0 Å². The molecule has 2 amide bonds. The Kier molecular flexibility index (Phi) is 6.94. The quantitative estimate of drug-likeness (QED) is 0.825. The monoisotopic (exact) mass is 346 g/mol. The highest BCUT2D eigenvalue weighted by atomic mass is 35.5. The molecule has 0 atom stereocenters. The average Bonchev–Trinajstić information content (AvgIpc) is 2.55. The molecule has 0 spiro atoms. The molecule has 2 aromatic carbocycles. The number of benzene rings is 2. The normalized spacial score (nSPS) is 10.3. The largest absolute Gasteiger partial charge is 0.492 e. The number of hydrogen-bond acceptors (Lipinski definition) is 2. The molecule has 0 aromatic heterocycles. The van der Waals surface area contributed by atoms with Crippen molar-refractivity contribution in [3.05, 3.63) is 64.7 Å². The summed E-state index contributed by atoms with van der Waals surface area (Å²) in [6.45, 7) is 3.60. The molecule has 0 aliphatic heterocycles. The van der Waals surface area contributed by atoms with Crippen molar-refractivity contribution in [3.8, 4) is 5.75 Å². The third-order valence-corrected chi connectivity index (χ3v) is 3.85. The predicted octanol–water partition coefficient (Wildman–Crippen LogP) is 3.91. The van der Waals surface area contributed by atoms with Crippen LogP contribution in [0.1, 0.15) is 11.1 Å². The Balaban J connectivity index is 1.66. The number of urea groups is 1. The van der Waals surface area contributed by atoms with Crippen LogP contribution in [0.25, 0.3) is 0 Å². The first-order chi connectivity index (χ1) is 11.5. The number of nitrogens with one attached hydrogen (secondary N) is 1. The van der Waals surface area contributed by atoms with Crippen LogP contribution in [0.5, 0.6) is 5.75 Å². The molecule has 0 unspecified atom stereocenters. The lowest BCUT2D eigenvalue weighted by Crippen LogP contribution is -2.40. The van der Waals surface area contributed by atoms with Gasteiger partial charge in [0.1, 0.15) is 12.4 Å². The maximum absolute atomic E-state index is 12.0. The van der Waals surface area contributed by atoms with Gasteiger partial charge in [0.25, 0.3) is 0 Å². The number of ether oxygens (including phenoxy) is 1. The highest BCUT2D eigenvalue weighted by Gasteiger charge is 2.07. The second kappa shape index (κ2) is 9.18. The van der Waals surface area contributed by atoms with Crippen LogP contribution >= 0.6 is 11.6 Å². The molecule has 0 radical (unpaired) electrons. The molecule has 2 aromatic rings. The Morgan fingerprint density at radius 2 is 2.00 bits per heavy atom. The first-order valence-electron chi connectivity index (χ1n) is 7.97. The van der Waals surface area contributed by atoms with Crippen LogP contribution in [0, 0.1) is 6.92 Å². The smallest absolute Gasteiger partial charge is 0.317 e. The lowest BCUT2D eigenvalue weighted by Gasteiger charge is -2.18. The van der Waals surface area contributed by atoms with Gasteiger partial charge in [0, 0.05) is 18.6 Å². The highest BCUT2D eigenvalue weighted by Crippen LogP contribution is 2.16. The fourth-order valence-corrected chi connectivity index (χ4v) is 2.46. The van der Waals surface area contributed by atoms with Crippen molar-refractivity contribution in [1.29, 1.82) is 0 Å². The molecule has 0 fully saturated rings. The van der Waals surface area contributed by atoms with E-state index >= 15 is 0 Å². The molecule has 0 saturated carbocycles. The molecule has 0 heterocycles. The van der Waals surface area contributed by atoms with Crippen LogP contribution < -0.4 is 10.1 Å². The standard InChI is InChI=1S/C19H23ClN2O2/c1-15-5-3-6-16(13-15)9-10-21-19(23)22(2)11-12-24-18-8-4-7-17(20)14-18/h3-8,13-14H,9-12H2,1-2H3,(H,21,23). The van der Waals surface area contributed by atoms with Gasteiger partial charge in [-0.25, -0.2) is 4.79 Å². The lowest BCUT2D eigenvalue weighted by molar-refractivity contribution is 0.195. The van der Waals surface area contributed by atoms with E-state index in [0.717, 1.165) is 6.42 Å². The Morgan fingerprint density at radius 3 is 2.75 bits per heavy atom. The molecule has 2 rings (SSSR count). The van der Waals surface area contributed by atoms with Crippen molar-refractivity contribution >= 4 is 17.6 Å². The van der Waals surface area contributed by atoms with E-state index in [-0.39, 0.29) is 6.03 Å². The zero-order valence-electron chi connectivity index (χ0n) is 14.1. The van der Waals surface area contributed by atoms with E-state index in [1.165, 1.54) is 11.1 Å². The molecule has 128 valence electrons. The van der Waals surface area contributed by atoms with E-state index in [2.05, 4.69) is 30.4 Å². The second-order valence-corrected chi connectivity index (χ2v) is 6.13. The lowest BCUT2D eigenvalue weighted by atomic mass is 10.1. The van der Waals surface area contributed by atoms with Crippen molar-refractivity contribution in [2.45, 2.75) is 13.3 Å². The summed E-state index contributed by atoms with van der Waals surface area (Å²) in [7, 11) is 1.75.